The van der Waals surface area contributed by atoms with E-state index in [4.69, 9.17) is 4.74 Å². The molecule has 8 nitrogen and oxygen atoms in total. The molecule has 4 rings (SSSR count). The quantitative estimate of drug-likeness (QED) is 0.763. The van der Waals surface area contributed by atoms with Crippen LogP contribution >= 0.6 is 0 Å². The van der Waals surface area contributed by atoms with Crippen molar-refractivity contribution >= 4 is 21.7 Å². The molecule has 1 aromatic carbocycles. The van der Waals surface area contributed by atoms with E-state index in [1.54, 1.807) is 0 Å². The molecule has 2 N–H and O–H groups in total. The number of amides is 1. The molecule has 28 heavy (non-hydrogen) atoms. The van der Waals surface area contributed by atoms with E-state index < -0.39 is 20.5 Å². The predicted molar refractivity (Wildman–Crippen MR) is 104 cm³/mol. The summed E-state index contributed by atoms with van der Waals surface area (Å²) in [6.45, 7) is 1.16. The third-order valence-corrected chi connectivity index (χ3v) is 8.42. The van der Waals surface area contributed by atoms with Crippen molar-refractivity contribution in [1.29, 1.82) is 0 Å². The molecule has 1 aliphatic heterocycles. The van der Waals surface area contributed by atoms with E-state index in [1.165, 1.54) is 0 Å². The van der Waals surface area contributed by atoms with E-state index in [9.17, 15) is 13.2 Å². The molecule has 2 aliphatic rings. The number of hydrogen-bond donors (Lipinski definition) is 2. The Morgan fingerprint density at radius 3 is 2.57 bits per heavy atom. The number of nitrogens with zero attached hydrogens (tertiary/aromatic N) is 2. The fourth-order valence-electron chi connectivity index (χ4n) is 3.82. The number of rotatable bonds is 6. The molecule has 1 aliphatic carbocycles. The van der Waals surface area contributed by atoms with Gasteiger partial charge in [0.1, 0.15) is 0 Å². The summed E-state index contributed by atoms with van der Waals surface area (Å²) in [5, 5.41) is 9.42. The van der Waals surface area contributed by atoms with Gasteiger partial charge in [-0.3, -0.25) is 15.2 Å². The van der Waals surface area contributed by atoms with Crippen LogP contribution in [0.25, 0.3) is 11.4 Å². The number of aromatic nitrogens is 3. The van der Waals surface area contributed by atoms with E-state index in [0.717, 1.165) is 24.8 Å². The van der Waals surface area contributed by atoms with Gasteiger partial charge in [-0.2, -0.15) is 4.98 Å². The van der Waals surface area contributed by atoms with E-state index >= 15 is 0 Å². The molecule has 1 saturated heterocycles. The van der Waals surface area contributed by atoms with Crippen LogP contribution in [-0.2, 0) is 19.4 Å². The van der Waals surface area contributed by atoms with Crippen LogP contribution in [0.3, 0.4) is 0 Å². The van der Waals surface area contributed by atoms with E-state index in [0.29, 0.717) is 31.9 Å². The summed E-state index contributed by atoms with van der Waals surface area (Å²) in [7, 11) is -3.58. The molecule has 2 aromatic rings. The van der Waals surface area contributed by atoms with Gasteiger partial charge in [0.05, 0.1) is 5.75 Å². The number of carbonyl (C=O) groups excluding carboxylic acids is 1. The Hall–Kier alpha value is -2.26. The average molecular weight is 404 g/mol. The summed E-state index contributed by atoms with van der Waals surface area (Å²) in [5.74, 6) is 0.175. The highest BCUT2D eigenvalue weighted by molar-refractivity contribution is 7.93. The molecule has 1 amide bonds. The Kier molecular flexibility index (Phi) is 5.20. The number of H-pyrrole nitrogens is 1. The zero-order valence-corrected chi connectivity index (χ0v) is 16.4. The maximum absolute atomic E-state index is 13.1. The first-order valence-electron chi connectivity index (χ1n) is 9.59. The van der Waals surface area contributed by atoms with Crippen LogP contribution in [0.15, 0.2) is 30.3 Å². The van der Waals surface area contributed by atoms with Crippen LogP contribution in [0, 0.1) is 5.92 Å². The lowest BCUT2D eigenvalue weighted by molar-refractivity contribution is -0.120. The van der Waals surface area contributed by atoms with E-state index in [2.05, 4.69) is 20.5 Å². The first-order chi connectivity index (χ1) is 13.5. The molecule has 0 spiro atoms. The minimum atomic E-state index is -3.58. The lowest BCUT2D eigenvalue weighted by atomic mass is 9.83. The zero-order valence-electron chi connectivity index (χ0n) is 15.6. The highest BCUT2D eigenvalue weighted by atomic mass is 32.2. The van der Waals surface area contributed by atoms with Crippen molar-refractivity contribution in [3.63, 3.8) is 0 Å². The van der Waals surface area contributed by atoms with Gasteiger partial charge in [-0.25, -0.2) is 8.42 Å². The van der Waals surface area contributed by atoms with Crippen molar-refractivity contribution in [3.8, 4) is 11.4 Å². The fraction of sp³-hybridized carbons (Fsp3) is 0.526. The minimum Gasteiger partial charge on any atom is -0.381 e. The van der Waals surface area contributed by atoms with Gasteiger partial charge < -0.3 is 4.74 Å². The standard InChI is InChI=1S/C19H24N4O4S/c24-17(21-18-20-16(22-23-18)15-5-2-1-3-6-15)19(9-4-10-19)28(25,26)13-14-7-11-27-12-8-14/h1-3,5-6,14H,4,7-13H2,(H2,20,21,22,23,24). The monoisotopic (exact) mass is 404 g/mol. The second-order valence-electron chi connectivity index (χ2n) is 7.51. The number of aromatic amines is 1. The maximum atomic E-state index is 13.1. The zero-order chi connectivity index (χ0) is 19.6. The number of sulfone groups is 1. The average Bonchev–Trinajstić information content (AvgIpc) is 3.10. The van der Waals surface area contributed by atoms with Crippen LogP contribution in [0.1, 0.15) is 32.1 Å². The summed E-state index contributed by atoms with van der Waals surface area (Å²) in [6.07, 6.45) is 2.86. The predicted octanol–water partition coefficient (Wildman–Crippen LogP) is 2.17. The summed E-state index contributed by atoms with van der Waals surface area (Å²) in [5.41, 5.74) is 0.834. The van der Waals surface area contributed by atoms with Gasteiger partial charge in [-0.05, 0) is 38.0 Å². The molecule has 2 fully saturated rings. The number of carbonyl (C=O) groups is 1. The third-order valence-electron chi connectivity index (χ3n) is 5.72. The van der Waals surface area contributed by atoms with Crippen molar-refractivity contribution in [2.45, 2.75) is 36.9 Å². The van der Waals surface area contributed by atoms with Gasteiger partial charge in [0, 0.05) is 18.8 Å². The van der Waals surface area contributed by atoms with Crippen LogP contribution in [0.5, 0.6) is 0 Å². The summed E-state index contributed by atoms with van der Waals surface area (Å²) in [6, 6.07) is 9.40. The van der Waals surface area contributed by atoms with Crippen LogP contribution in [0.4, 0.5) is 5.95 Å². The minimum absolute atomic E-state index is 0.0348. The fourth-order valence-corrected chi connectivity index (χ4v) is 6.34. The molecule has 1 aromatic heterocycles. The molecule has 1 saturated carbocycles. The number of anilines is 1. The van der Waals surface area contributed by atoms with Gasteiger partial charge >= 0.3 is 0 Å². The van der Waals surface area contributed by atoms with Crippen LogP contribution in [-0.4, -0.2) is 53.2 Å². The summed E-state index contributed by atoms with van der Waals surface area (Å²) in [4.78, 5) is 17.2. The molecule has 150 valence electrons. The molecular formula is C19H24N4O4S. The Morgan fingerprint density at radius 2 is 1.93 bits per heavy atom. The highest BCUT2D eigenvalue weighted by Crippen LogP contribution is 2.42. The smallest absolute Gasteiger partial charge is 0.249 e. The molecule has 0 radical (unpaired) electrons. The molecule has 9 heteroatoms. The van der Waals surface area contributed by atoms with Gasteiger partial charge in [0.15, 0.2) is 20.4 Å². The molecule has 0 bridgehead atoms. The van der Waals surface area contributed by atoms with Gasteiger partial charge in [0.2, 0.25) is 11.9 Å². The molecule has 0 unspecified atom stereocenters. The van der Waals surface area contributed by atoms with Crippen LogP contribution < -0.4 is 5.32 Å². The Morgan fingerprint density at radius 1 is 1.21 bits per heavy atom. The second kappa shape index (κ2) is 7.63. The Bertz CT molecular complexity index is 932. The lowest BCUT2D eigenvalue weighted by Crippen LogP contribution is -2.56. The summed E-state index contributed by atoms with van der Waals surface area (Å²) < 4.78 is 30.2. The van der Waals surface area contributed by atoms with Crippen molar-refractivity contribution in [2.24, 2.45) is 5.92 Å². The van der Waals surface area contributed by atoms with Gasteiger partial charge in [-0.15, -0.1) is 5.10 Å². The van der Waals surface area contributed by atoms with Crippen LogP contribution in [0.2, 0.25) is 0 Å². The van der Waals surface area contributed by atoms with Gasteiger partial charge in [0.25, 0.3) is 0 Å². The number of ether oxygens (including phenoxy) is 1. The van der Waals surface area contributed by atoms with Gasteiger partial charge in [-0.1, -0.05) is 30.3 Å². The topological polar surface area (TPSA) is 114 Å². The van der Waals surface area contributed by atoms with Crippen molar-refractivity contribution in [2.75, 3.05) is 24.3 Å². The first kappa shape index (κ1) is 19.1. The third kappa shape index (κ3) is 3.56. The maximum Gasteiger partial charge on any atom is 0.249 e. The number of nitrogens with one attached hydrogen (secondary N) is 2. The number of benzene rings is 1. The Labute approximate surface area is 164 Å². The second-order valence-corrected chi connectivity index (χ2v) is 9.86. The highest BCUT2D eigenvalue weighted by Gasteiger charge is 2.55. The molecule has 2 heterocycles. The largest absolute Gasteiger partial charge is 0.381 e. The molecule has 0 atom stereocenters. The Balaban J connectivity index is 1.49. The molecular weight excluding hydrogens is 380 g/mol. The number of hydrogen-bond acceptors (Lipinski definition) is 6. The SMILES string of the molecule is O=C(Nc1n[nH]c(-c2ccccc2)n1)C1(S(=O)(=O)CC2CCOCC2)CCC1. The lowest BCUT2D eigenvalue weighted by Gasteiger charge is -2.40. The van der Waals surface area contributed by atoms with E-state index in [-0.39, 0.29) is 17.6 Å². The summed E-state index contributed by atoms with van der Waals surface area (Å²) >= 11 is 0. The van der Waals surface area contributed by atoms with Crippen molar-refractivity contribution in [3.05, 3.63) is 30.3 Å². The van der Waals surface area contributed by atoms with Crippen molar-refractivity contribution in [1.82, 2.24) is 15.2 Å². The van der Waals surface area contributed by atoms with Crippen molar-refractivity contribution < 1.29 is 17.9 Å². The normalized spacial score (nSPS) is 19.7. The first-order valence-corrected chi connectivity index (χ1v) is 11.2. The van der Waals surface area contributed by atoms with E-state index in [1.807, 2.05) is 30.3 Å².